The number of nitrogens with one attached hydrogen (secondary N) is 1. The Morgan fingerprint density at radius 2 is 1.88 bits per heavy atom. The summed E-state index contributed by atoms with van der Waals surface area (Å²) in [5.41, 5.74) is -0.0777. The molecule has 1 aromatic heterocycles. The molecule has 4 bridgehead atoms. The van der Waals surface area contributed by atoms with Crippen LogP contribution in [-0.4, -0.2) is 26.7 Å². The minimum absolute atomic E-state index is 0.0555. The molecule has 0 aromatic carbocycles. The molecular weight excluding hydrogens is 332 g/mol. The molecule has 1 unspecified atom stereocenters. The van der Waals surface area contributed by atoms with Gasteiger partial charge in [0, 0.05) is 12.6 Å². The van der Waals surface area contributed by atoms with Crippen LogP contribution in [0.15, 0.2) is 6.20 Å². The summed E-state index contributed by atoms with van der Waals surface area (Å²) in [5.74, 6) is 2.02. The van der Waals surface area contributed by atoms with Crippen LogP contribution in [0.25, 0.3) is 0 Å². The summed E-state index contributed by atoms with van der Waals surface area (Å²) in [6, 6.07) is 0.0785. The lowest BCUT2D eigenvalue weighted by molar-refractivity contribution is -0.385. The summed E-state index contributed by atoms with van der Waals surface area (Å²) in [5, 5.41) is 18.6. The quantitative estimate of drug-likeness (QED) is 0.620. The van der Waals surface area contributed by atoms with Gasteiger partial charge in [-0.25, -0.2) is 0 Å². The standard InChI is InChI=1S/C19H28N4O3/c1-3-16(19-8-12-5-13(9-19)7-14(6-12)10-19)20-18(24)17-15(23(25)26)11-22(4-2)21-17/h11-14,16H,3-10H2,1-2H3,(H,20,24). The van der Waals surface area contributed by atoms with Gasteiger partial charge in [-0.1, -0.05) is 6.92 Å². The van der Waals surface area contributed by atoms with Gasteiger partial charge in [-0.15, -0.1) is 0 Å². The Hall–Kier alpha value is -1.92. The average molecular weight is 360 g/mol. The van der Waals surface area contributed by atoms with Gasteiger partial charge in [0.15, 0.2) is 0 Å². The van der Waals surface area contributed by atoms with Crippen LogP contribution in [0, 0.1) is 33.3 Å². The number of aryl methyl sites for hydroxylation is 1. The SMILES string of the molecule is CCC(NC(=O)c1nn(CC)cc1[N+](=O)[O-])C12CC3CC(CC(C3)C1)C2. The van der Waals surface area contributed by atoms with Crippen LogP contribution in [-0.2, 0) is 6.54 Å². The van der Waals surface area contributed by atoms with Gasteiger partial charge in [0.25, 0.3) is 5.91 Å². The first-order chi connectivity index (χ1) is 12.4. The molecule has 142 valence electrons. The summed E-state index contributed by atoms with van der Waals surface area (Å²) in [6.07, 6.45) is 9.87. The summed E-state index contributed by atoms with van der Waals surface area (Å²) >= 11 is 0. The van der Waals surface area contributed by atoms with E-state index in [9.17, 15) is 14.9 Å². The largest absolute Gasteiger partial charge is 0.347 e. The topological polar surface area (TPSA) is 90.1 Å². The maximum atomic E-state index is 12.9. The Bertz CT molecular complexity index is 691. The van der Waals surface area contributed by atoms with Crippen LogP contribution < -0.4 is 5.32 Å². The van der Waals surface area contributed by atoms with E-state index in [2.05, 4.69) is 17.3 Å². The Labute approximate surface area is 153 Å². The van der Waals surface area contributed by atoms with Crippen LogP contribution >= 0.6 is 0 Å². The van der Waals surface area contributed by atoms with Crippen molar-refractivity contribution in [3.8, 4) is 0 Å². The normalized spacial score (nSPS) is 33.2. The third-order valence-corrected chi connectivity index (χ3v) is 7.02. The fraction of sp³-hybridized carbons (Fsp3) is 0.789. The Morgan fingerprint density at radius 3 is 2.35 bits per heavy atom. The highest BCUT2D eigenvalue weighted by molar-refractivity contribution is 5.96. The van der Waals surface area contributed by atoms with Crippen LogP contribution in [0.4, 0.5) is 5.69 Å². The van der Waals surface area contributed by atoms with Gasteiger partial charge in [0.05, 0.1) is 4.92 Å². The highest BCUT2D eigenvalue weighted by atomic mass is 16.6. The van der Waals surface area contributed by atoms with Gasteiger partial charge in [0.1, 0.15) is 6.20 Å². The first-order valence-corrected chi connectivity index (χ1v) is 9.96. The lowest BCUT2D eigenvalue weighted by atomic mass is 9.47. The molecule has 7 heteroatoms. The molecule has 0 aliphatic heterocycles. The van der Waals surface area contributed by atoms with Gasteiger partial charge in [0.2, 0.25) is 5.69 Å². The molecule has 0 spiro atoms. The van der Waals surface area contributed by atoms with Crippen LogP contribution in [0.1, 0.15) is 69.3 Å². The van der Waals surface area contributed by atoms with E-state index in [0.717, 1.165) is 24.2 Å². The molecule has 1 heterocycles. The number of carbonyl (C=O) groups excluding carboxylic acids is 1. The molecule has 1 aromatic rings. The van der Waals surface area contributed by atoms with E-state index in [1.165, 1.54) is 49.4 Å². The van der Waals surface area contributed by atoms with Crippen molar-refractivity contribution in [3.63, 3.8) is 0 Å². The second-order valence-electron chi connectivity index (χ2n) is 8.69. The maximum absolute atomic E-state index is 12.9. The molecule has 1 N–H and O–H groups in total. The minimum Gasteiger partial charge on any atom is -0.347 e. The van der Waals surface area contributed by atoms with Crippen LogP contribution in [0.3, 0.4) is 0 Å². The molecule has 5 rings (SSSR count). The molecule has 1 atom stereocenters. The number of hydrogen-bond donors (Lipinski definition) is 1. The van der Waals surface area contributed by atoms with E-state index in [4.69, 9.17) is 0 Å². The number of carbonyl (C=O) groups is 1. The van der Waals surface area contributed by atoms with Gasteiger partial charge < -0.3 is 5.32 Å². The fourth-order valence-corrected chi connectivity index (χ4v) is 6.39. The first kappa shape index (κ1) is 17.5. The van der Waals surface area contributed by atoms with Crippen molar-refractivity contribution >= 4 is 11.6 Å². The maximum Gasteiger partial charge on any atom is 0.320 e. The summed E-state index contributed by atoms with van der Waals surface area (Å²) < 4.78 is 1.46. The second-order valence-corrected chi connectivity index (χ2v) is 8.69. The van der Waals surface area contributed by atoms with Crippen LogP contribution in [0.5, 0.6) is 0 Å². The third-order valence-electron chi connectivity index (χ3n) is 7.02. The predicted octanol–water partition coefficient (Wildman–Crippen LogP) is 3.54. The number of aromatic nitrogens is 2. The zero-order chi connectivity index (χ0) is 18.5. The molecule has 4 aliphatic carbocycles. The van der Waals surface area contributed by atoms with Gasteiger partial charge in [-0.3, -0.25) is 19.6 Å². The number of hydrogen-bond acceptors (Lipinski definition) is 4. The van der Waals surface area contributed by atoms with E-state index in [-0.39, 0.29) is 22.8 Å². The predicted molar refractivity (Wildman–Crippen MR) is 96.7 cm³/mol. The molecule has 4 aliphatic rings. The molecular formula is C19H28N4O3. The van der Waals surface area contributed by atoms with E-state index in [1.807, 2.05) is 6.92 Å². The summed E-state index contributed by atoms with van der Waals surface area (Å²) in [7, 11) is 0. The summed E-state index contributed by atoms with van der Waals surface area (Å²) in [4.78, 5) is 23.7. The van der Waals surface area contributed by atoms with Crippen LogP contribution in [0.2, 0.25) is 0 Å². The van der Waals surface area contributed by atoms with Crippen molar-refractivity contribution in [2.75, 3.05) is 0 Å². The minimum atomic E-state index is -0.514. The van der Waals surface area contributed by atoms with Gasteiger partial charge >= 0.3 is 5.69 Å². The molecule has 7 nitrogen and oxygen atoms in total. The van der Waals surface area contributed by atoms with E-state index >= 15 is 0 Å². The zero-order valence-electron chi connectivity index (χ0n) is 15.6. The van der Waals surface area contributed by atoms with E-state index < -0.39 is 10.8 Å². The highest BCUT2D eigenvalue weighted by Gasteiger charge is 2.54. The van der Waals surface area contributed by atoms with Crippen molar-refractivity contribution in [1.82, 2.24) is 15.1 Å². The van der Waals surface area contributed by atoms with Crippen molar-refractivity contribution < 1.29 is 9.72 Å². The Balaban J connectivity index is 1.57. The highest BCUT2D eigenvalue weighted by Crippen LogP contribution is 2.61. The van der Waals surface area contributed by atoms with Crippen molar-refractivity contribution in [2.45, 2.75) is 71.4 Å². The number of nitrogens with zero attached hydrogens (tertiary/aromatic N) is 3. The second kappa shape index (κ2) is 6.35. The fourth-order valence-electron chi connectivity index (χ4n) is 6.39. The molecule has 0 radical (unpaired) electrons. The lowest BCUT2D eigenvalue weighted by Gasteiger charge is -2.59. The molecule has 4 fully saturated rings. The zero-order valence-corrected chi connectivity index (χ0v) is 15.6. The number of amides is 1. The third kappa shape index (κ3) is 2.81. The molecule has 26 heavy (non-hydrogen) atoms. The lowest BCUT2D eigenvalue weighted by Crippen LogP contribution is -2.56. The van der Waals surface area contributed by atoms with Crippen molar-refractivity contribution in [2.24, 2.45) is 23.2 Å². The van der Waals surface area contributed by atoms with E-state index in [1.54, 1.807) is 0 Å². The molecule has 0 saturated heterocycles. The first-order valence-electron chi connectivity index (χ1n) is 9.96. The van der Waals surface area contributed by atoms with Gasteiger partial charge in [-0.05, 0) is 75.0 Å². The number of nitro groups is 1. The van der Waals surface area contributed by atoms with Gasteiger partial charge in [-0.2, -0.15) is 5.10 Å². The monoisotopic (exact) mass is 360 g/mol. The average Bonchev–Trinajstić information content (AvgIpc) is 3.03. The summed E-state index contributed by atoms with van der Waals surface area (Å²) in [6.45, 7) is 4.46. The Morgan fingerprint density at radius 1 is 1.31 bits per heavy atom. The smallest absolute Gasteiger partial charge is 0.320 e. The molecule has 4 saturated carbocycles. The molecule has 1 amide bonds. The number of rotatable bonds is 6. The Kier molecular flexibility index (Phi) is 4.28. The van der Waals surface area contributed by atoms with Crippen molar-refractivity contribution in [1.29, 1.82) is 0 Å². The van der Waals surface area contributed by atoms with Crippen molar-refractivity contribution in [3.05, 3.63) is 22.0 Å². The van der Waals surface area contributed by atoms with E-state index in [0.29, 0.717) is 6.54 Å².